The summed E-state index contributed by atoms with van der Waals surface area (Å²) in [5.74, 6) is -2.94. The Labute approximate surface area is 138 Å². The number of nitrogens with zero attached hydrogens (tertiary/aromatic N) is 1. The smallest absolute Gasteiger partial charge is 0.305 e. The molecule has 0 radical (unpaired) electrons. The molecule has 1 aromatic rings. The van der Waals surface area contributed by atoms with Gasteiger partial charge in [-0.15, -0.1) is 3.89 Å². The summed E-state index contributed by atoms with van der Waals surface area (Å²) in [4.78, 5) is 24.5. The SMILES string of the molecule is O=C(O)CC(c1cccc(Cl)c1)N1CC(CS(=O)(=O)F)CC1=O. The molecule has 1 saturated heterocycles. The molecule has 0 aliphatic carbocycles. The van der Waals surface area contributed by atoms with Gasteiger partial charge in [-0.1, -0.05) is 23.7 Å². The van der Waals surface area contributed by atoms with E-state index in [0.29, 0.717) is 10.6 Å². The first-order valence-electron chi connectivity index (χ1n) is 6.85. The zero-order chi connectivity index (χ0) is 17.2. The molecule has 2 unspecified atom stereocenters. The van der Waals surface area contributed by atoms with Crippen LogP contribution in [0.2, 0.25) is 5.02 Å². The molecule has 1 N–H and O–H groups in total. The zero-order valence-corrected chi connectivity index (χ0v) is 13.6. The van der Waals surface area contributed by atoms with Crippen LogP contribution in [-0.4, -0.2) is 42.6 Å². The number of amides is 1. The van der Waals surface area contributed by atoms with Crippen molar-refractivity contribution in [3.63, 3.8) is 0 Å². The quantitative estimate of drug-likeness (QED) is 0.780. The molecule has 0 spiro atoms. The highest BCUT2D eigenvalue weighted by atomic mass is 35.5. The molecule has 126 valence electrons. The lowest BCUT2D eigenvalue weighted by Crippen LogP contribution is -2.32. The molecule has 0 saturated carbocycles. The molecule has 1 fully saturated rings. The van der Waals surface area contributed by atoms with Crippen LogP contribution in [0.3, 0.4) is 0 Å². The molecule has 9 heteroatoms. The number of aliphatic carboxylic acids is 1. The second-order valence-corrected chi connectivity index (χ2v) is 7.34. The van der Waals surface area contributed by atoms with Crippen LogP contribution < -0.4 is 0 Å². The third-order valence-corrected chi connectivity index (χ3v) is 4.76. The minimum atomic E-state index is -4.69. The monoisotopic (exact) mass is 363 g/mol. The molecule has 6 nitrogen and oxygen atoms in total. The summed E-state index contributed by atoms with van der Waals surface area (Å²) in [6.07, 6.45) is -0.471. The number of likely N-dealkylation sites (tertiary alicyclic amines) is 1. The van der Waals surface area contributed by atoms with Crippen molar-refractivity contribution in [1.82, 2.24) is 4.90 Å². The number of hydrogen-bond acceptors (Lipinski definition) is 4. The van der Waals surface area contributed by atoms with Crippen LogP contribution in [0.15, 0.2) is 24.3 Å². The van der Waals surface area contributed by atoms with Gasteiger partial charge in [0, 0.05) is 23.9 Å². The Hall–Kier alpha value is -1.67. The van der Waals surface area contributed by atoms with Crippen molar-refractivity contribution < 1.29 is 27.0 Å². The van der Waals surface area contributed by atoms with Gasteiger partial charge >= 0.3 is 16.2 Å². The Balaban J connectivity index is 2.26. The fourth-order valence-electron chi connectivity index (χ4n) is 2.79. The lowest BCUT2D eigenvalue weighted by Gasteiger charge is -2.27. The number of carboxylic acids is 1. The molecule has 1 heterocycles. The van der Waals surface area contributed by atoms with Crippen molar-refractivity contribution in [2.24, 2.45) is 5.92 Å². The van der Waals surface area contributed by atoms with E-state index in [1.165, 1.54) is 4.90 Å². The first kappa shape index (κ1) is 17.7. The molecule has 2 atom stereocenters. The molecule has 0 aromatic heterocycles. The van der Waals surface area contributed by atoms with Gasteiger partial charge in [0.2, 0.25) is 5.91 Å². The van der Waals surface area contributed by atoms with Crippen LogP contribution in [0.25, 0.3) is 0 Å². The number of carbonyl (C=O) groups is 2. The van der Waals surface area contributed by atoms with Gasteiger partial charge in [-0.25, -0.2) is 0 Å². The van der Waals surface area contributed by atoms with Crippen molar-refractivity contribution in [3.05, 3.63) is 34.9 Å². The highest BCUT2D eigenvalue weighted by molar-refractivity contribution is 7.86. The maximum atomic E-state index is 12.8. The van der Waals surface area contributed by atoms with Crippen molar-refractivity contribution >= 4 is 33.7 Å². The normalized spacial score (nSPS) is 19.8. The number of rotatable bonds is 6. The van der Waals surface area contributed by atoms with Gasteiger partial charge in [-0.3, -0.25) is 9.59 Å². The third kappa shape index (κ3) is 4.90. The van der Waals surface area contributed by atoms with Gasteiger partial charge in [0.15, 0.2) is 0 Å². The summed E-state index contributed by atoms with van der Waals surface area (Å²) in [7, 11) is -4.69. The summed E-state index contributed by atoms with van der Waals surface area (Å²) >= 11 is 5.90. The van der Waals surface area contributed by atoms with E-state index in [1.807, 2.05) is 0 Å². The lowest BCUT2D eigenvalue weighted by molar-refractivity contribution is -0.139. The summed E-state index contributed by atoms with van der Waals surface area (Å²) in [6.45, 7) is -0.00750. The second kappa shape index (κ2) is 6.84. The number of hydrogen-bond donors (Lipinski definition) is 1. The van der Waals surface area contributed by atoms with E-state index in [4.69, 9.17) is 16.7 Å². The predicted octanol–water partition coefficient (Wildman–Crippen LogP) is 2.00. The van der Waals surface area contributed by atoms with Crippen molar-refractivity contribution in [2.45, 2.75) is 18.9 Å². The Bertz CT molecular complexity index is 724. The molecule has 0 bridgehead atoms. The Morgan fingerprint density at radius 1 is 1.48 bits per heavy atom. The van der Waals surface area contributed by atoms with E-state index < -0.39 is 39.8 Å². The molecule has 23 heavy (non-hydrogen) atoms. The van der Waals surface area contributed by atoms with Crippen LogP contribution in [0, 0.1) is 5.92 Å². The lowest BCUT2D eigenvalue weighted by atomic mass is 10.0. The standard InChI is InChI=1S/C14H15ClFNO5S/c15-11-3-1-2-10(5-11)12(6-14(19)20)17-7-9(4-13(17)18)8-23(16,21)22/h1-3,5,9,12H,4,6-8H2,(H,19,20). The van der Waals surface area contributed by atoms with E-state index in [9.17, 15) is 21.9 Å². The summed E-state index contributed by atoms with van der Waals surface area (Å²) < 4.78 is 34.3. The van der Waals surface area contributed by atoms with Crippen LogP contribution in [0.4, 0.5) is 3.89 Å². The fourth-order valence-corrected chi connectivity index (χ4v) is 3.78. The first-order chi connectivity index (χ1) is 10.7. The van der Waals surface area contributed by atoms with Crippen molar-refractivity contribution in [2.75, 3.05) is 12.3 Å². The van der Waals surface area contributed by atoms with Crippen LogP contribution >= 0.6 is 11.6 Å². The molecule has 2 rings (SSSR count). The Kier molecular flexibility index (Phi) is 5.26. The van der Waals surface area contributed by atoms with E-state index >= 15 is 0 Å². The van der Waals surface area contributed by atoms with Gasteiger partial charge in [-0.05, 0) is 17.7 Å². The predicted molar refractivity (Wildman–Crippen MR) is 81.2 cm³/mol. The molecule has 1 aromatic carbocycles. The van der Waals surface area contributed by atoms with E-state index in [1.54, 1.807) is 24.3 Å². The topological polar surface area (TPSA) is 91.8 Å². The average molecular weight is 364 g/mol. The number of halogens is 2. The van der Waals surface area contributed by atoms with Gasteiger partial charge in [-0.2, -0.15) is 8.42 Å². The first-order valence-corrected chi connectivity index (χ1v) is 8.78. The van der Waals surface area contributed by atoms with Crippen molar-refractivity contribution in [3.8, 4) is 0 Å². The van der Waals surface area contributed by atoms with E-state index in [-0.39, 0.29) is 19.4 Å². The van der Waals surface area contributed by atoms with Crippen LogP contribution in [0.5, 0.6) is 0 Å². The maximum absolute atomic E-state index is 12.8. The van der Waals surface area contributed by atoms with Gasteiger partial charge < -0.3 is 10.0 Å². The third-order valence-electron chi connectivity index (χ3n) is 3.65. The molecular formula is C14H15ClFNO5S. The number of carboxylic acid groups (broad SMARTS) is 1. The second-order valence-electron chi connectivity index (χ2n) is 5.49. The van der Waals surface area contributed by atoms with Crippen molar-refractivity contribution in [1.29, 1.82) is 0 Å². The molecule has 1 aliphatic rings. The van der Waals surface area contributed by atoms with E-state index in [2.05, 4.69) is 0 Å². The minimum absolute atomic E-state index is 0.00750. The van der Waals surface area contributed by atoms with Crippen LogP contribution in [0.1, 0.15) is 24.4 Å². The summed E-state index contributed by atoms with van der Waals surface area (Å²) in [5, 5.41) is 9.48. The van der Waals surface area contributed by atoms with Gasteiger partial charge in [0.05, 0.1) is 18.2 Å². The van der Waals surface area contributed by atoms with Crippen LogP contribution in [-0.2, 0) is 19.8 Å². The number of carbonyl (C=O) groups excluding carboxylic acids is 1. The Morgan fingerprint density at radius 2 is 2.17 bits per heavy atom. The maximum Gasteiger partial charge on any atom is 0.305 e. The average Bonchev–Trinajstić information content (AvgIpc) is 2.74. The molecule has 1 amide bonds. The van der Waals surface area contributed by atoms with Gasteiger partial charge in [0.1, 0.15) is 0 Å². The highest BCUT2D eigenvalue weighted by Crippen LogP contribution is 2.32. The minimum Gasteiger partial charge on any atom is -0.481 e. The number of benzene rings is 1. The zero-order valence-electron chi connectivity index (χ0n) is 12.0. The summed E-state index contributed by atoms with van der Waals surface area (Å²) in [6, 6.07) is 5.68. The highest BCUT2D eigenvalue weighted by Gasteiger charge is 2.37. The molecule has 1 aliphatic heterocycles. The van der Waals surface area contributed by atoms with E-state index in [0.717, 1.165) is 0 Å². The Morgan fingerprint density at radius 3 is 2.74 bits per heavy atom. The molecular weight excluding hydrogens is 349 g/mol. The largest absolute Gasteiger partial charge is 0.481 e. The van der Waals surface area contributed by atoms with Gasteiger partial charge in [0.25, 0.3) is 0 Å². The summed E-state index contributed by atoms with van der Waals surface area (Å²) in [5.41, 5.74) is 0.539. The fraction of sp³-hybridized carbons (Fsp3) is 0.429.